The topological polar surface area (TPSA) is 73.1 Å². The highest BCUT2D eigenvalue weighted by molar-refractivity contribution is 5.87. The van der Waals surface area contributed by atoms with Crippen molar-refractivity contribution in [3.8, 4) is 11.1 Å². The first kappa shape index (κ1) is 18.4. The summed E-state index contributed by atoms with van der Waals surface area (Å²) in [4.78, 5) is 15.2. The normalized spacial score (nSPS) is 22.5. The molecule has 7 heteroatoms. The van der Waals surface area contributed by atoms with E-state index in [2.05, 4.69) is 26.3 Å². The summed E-state index contributed by atoms with van der Waals surface area (Å²) in [7, 11) is 1.91. The van der Waals surface area contributed by atoms with Crippen LogP contribution in [-0.4, -0.2) is 63.0 Å². The van der Waals surface area contributed by atoms with Crippen molar-refractivity contribution in [2.75, 3.05) is 26.3 Å². The second-order valence-electron chi connectivity index (χ2n) is 8.13. The molecule has 29 heavy (non-hydrogen) atoms. The van der Waals surface area contributed by atoms with Gasteiger partial charge >= 0.3 is 0 Å². The average molecular weight is 391 g/mol. The van der Waals surface area contributed by atoms with Crippen LogP contribution in [0.1, 0.15) is 18.5 Å². The molecule has 2 aliphatic rings. The molecule has 0 spiro atoms. The van der Waals surface area contributed by atoms with Crippen molar-refractivity contribution in [3.63, 3.8) is 0 Å². The maximum atomic E-state index is 12.7. The van der Waals surface area contributed by atoms with Crippen LogP contribution in [-0.2, 0) is 23.0 Å². The van der Waals surface area contributed by atoms with Crippen molar-refractivity contribution in [1.82, 2.24) is 24.9 Å². The van der Waals surface area contributed by atoms with Gasteiger partial charge in [0.15, 0.2) is 0 Å². The molecule has 0 bridgehead atoms. The van der Waals surface area contributed by atoms with Crippen LogP contribution >= 0.6 is 0 Å². The summed E-state index contributed by atoms with van der Waals surface area (Å²) in [5.74, 6) is 0.439. The molecule has 1 aromatic carbocycles. The van der Waals surface area contributed by atoms with Gasteiger partial charge in [-0.05, 0) is 36.6 Å². The van der Waals surface area contributed by atoms with Gasteiger partial charge in [0, 0.05) is 49.2 Å². The number of benzene rings is 1. The summed E-state index contributed by atoms with van der Waals surface area (Å²) in [5.41, 5.74) is 3.74. The number of ketones is 1. The van der Waals surface area contributed by atoms with Gasteiger partial charge in [-0.25, -0.2) is 0 Å². The number of rotatable bonds is 5. The van der Waals surface area contributed by atoms with Gasteiger partial charge in [-0.3, -0.25) is 14.4 Å². The molecule has 0 amide bonds. The molecule has 1 saturated heterocycles. The Morgan fingerprint density at radius 3 is 2.72 bits per heavy atom. The molecule has 2 fully saturated rings. The number of aromatic nitrogens is 4. The third-order valence-corrected chi connectivity index (χ3v) is 6.16. The Labute approximate surface area is 169 Å². The highest BCUT2D eigenvalue weighted by Crippen LogP contribution is 2.33. The number of carbonyl (C=O) groups excluding carboxylic acids is 1. The van der Waals surface area contributed by atoms with Crippen LogP contribution in [0, 0.1) is 5.92 Å². The Bertz CT molecular complexity index is 1030. The van der Waals surface area contributed by atoms with Crippen LogP contribution in [0.15, 0.2) is 36.7 Å². The number of aryl methyl sites for hydroxylation is 1. The standard InChI is InChI=1S/C22H25N5O2/c1-26-14-18(13-23-26)15-2-3-21-16(8-15)9-19(24-25-21)12-22(28)17-10-20(11-17)27-4-6-29-7-5-27/h2-3,8-9,13-14,17,20H,4-7,10-12H2,1H3. The van der Waals surface area contributed by atoms with E-state index in [1.54, 1.807) is 4.68 Å². The number of hydrogen-bond acceptors (Lipinski definition) is 6. The summed E-state index contributed by atoms with van der Waals surface area (Å²) in [6.45, 7) is 3.59. The molecule has 0 N–H and O–H groups in total. The van der Waals surface area contributed by atoms with Crippen LogP contribution < -0.4 is 0 Å². The van der Waals surface area contributed by atoms with Crippen molar-refractivity contribution < 1.29 is 9.53 Å². The molecule has 150 valence electrons. The van der Waals surface area contributed by atoms with Crippen molar-refractivity contribution in [2.24, 2.45) is 13.0 Å². The number of Topliss-reactive ketones (excluding diaryl/α,β-unsaturated/α-hetero) is 1. The van der Waals surface area contributed by atoms with E-state index in [0.717, 1.165) is 66.9 Å². The minimum atomic E-state index is 0.155. The van der Waals surface area contributed by atoms with Gasteiger partial charge in [0.25, 0.3) is 0 Å². The molecule has 3 aromatic rings. The lowest BCUT2D eigenvalue weighted by molar-refractivity contribution is -0.127. The van der Waals surface area contributed by atoms with Gasteiger partial charge in [-0.15, -0.1) is 0 Å². The molecular weight excluding hydrogens is 366 g/mol. The largest absolute Gasteiger partial charge is 0.379 e. The van der Waals surface area contributed by atoms with Gasteiger partial charge in [-0.2, -0.15) is 15.3 Å². The molecule has 1 saturated carbocycles. The van der Waals surface area contributed by atoms with E-state index in [9.17, 15) is 4.79 Å². The Hall–Kier alpha value is -2.64. The molecule has 2 aromatic heterocycles. The van der Waals surface area contributed by atoms with Gasteiger partial charge in [0.1, 0.15) is 5.78 Å². The molecular formula is C22H25N5O2. The summed E-state index contributed by atoms with van der Waals surface area (Å²) in [6, 6.07) is 8.62. The highest BCUT2D eigenvalue weighted by atomic mass is 16.5. The number of nitrogens with zero attached hydrogens (tertiary/aromatic N) is 5. The summed E-state index contributed by atoms with van der Waals surface area (Å²) in [6.07, 6.45) is 6.12. The quantitative estimate of drug-likeness (QED) is 0.664. The van der Waals surface area contributed by atoms with Crippen molar-refractivity contribution in [2.45, 2.75) is 25.3 Å². The molecule has 0 atom stereocenters. The number of fused-ring (bicyclic) bond motifs is 1. The zero-order valence-electron chi connectivity index (χ0n) is 16.6. The zero-order valence-corrected chi connectivity index (χ0v) is 16.6. The monoisotopic (exact) mass is 391 g/mol. The van der Waals surface area contributed by atoms with E-state index in [-0.39, 0.29) is 11.7 Å². The van der Waals surface area contributed by atoms with Crippen molar-refractivity contribution in [1.29, 1.82) is 0 Å². The predicted molar refractivity (Wildman–Crippen MR) is 109 cm³/mol. The fraction of sp³-hybridized carbons (Fsp3) is 0.455. The Morgan fingerprint density at radius 2 is 1.97 bits per heavy atom. The first-order chi connectivity index (χ1) is 14.2. The van der Waals surface area contributed by atoms with E-state index in [0.29, 0.717) is 12.5 Å². The smallest absolute Gasteiger partial charge is 0.142 e. The van der Waals surface area contributed by atoms with Crippen LogP contribution in [0.25, 0.3) is 22.0 Å². The van der Waals surface area contributed by atoms with Gasteiger partial charge in [-0.1, -0.05) is 6.07 Å². The van der Waals surface area contributed by atoms with Gasteiger partial charge < -0.3 is 4.74 Å². The Morgan fingerprint density at radius 1 is 1.14 bits per heavy atom. The van der Waals surface area contributed by atoms with E-state index >= 15 is 0 Å². The average Bonchev–Trinajstić information content (AvgIpc) is 3.13. The maximum absolute atomic E-state index is 12.7. The molecule has 1 aliphatic heterocycles. The van der Waals surface area contributed by atoms with E-state index in [4.69, 9.17) is 4.74 Å². The zero-order chi connectivity index (χ0) is 19.8. The van der Waals surface area contributed by atoms with Crippen LogP contribution in [0.4, 0.5) is 0 Å². The number of ether oxygens (including phenoxy) is 1. The van der Waals surface area contributed by atoms with Crippen molar-refractivity contribution in [3.05, 3.63) is 42.4 Å². The predicted octanol–water partition coefficient (Wildman–Crippen LogP) is 2.25. The van der Waals surface area contributed by atoms with Gasteiger partial charge in [0.2, 0.25) is 0 Å². The number of carbonyl (C=O) groups is 1. The lowest BCUT2D eigenvalue weighted by Gasteiger charge is -2.43. The Kier molecular flexibility index (Phi) is 4.85. The molecule has 5 rings (SSSR count). The number of morpholine rings is 1. The fourth-order valence-electron chi connectivity index (χ4n) is 4.34. The molecule has 0 radical (unpaired) electrons. The summed E-state index contributed by atoms with van der Waals surface area (Å²) >= 11 is 0. The fourth-order valence-corrected chi connectivity index (χ4v) is 4.34. The second-order valence-corrected chi connectivity index (χ2v) is 8.13. The van der Waals surface area contributed by atoms with E-state index < -0.39 is 0 Å². The maximum Gasteiger partial charge on any atom is 0.142 e. The third-order valence-electron chi connectivity index (χ3n) is 6.16. The van der Waals surface area contributed by atoms with Crippen LogP contribution in [0.2, 0.25) is 0 Å². The molecule has 1 aliphatic carbocycles. The Balaban J connectivity index is 1.26. The SMILES string of the molecule is Cn1cc(-c2ccc3nnc(CC(=O)C4CC(N5CCOCC5)C4)cc3c2)cn1. The van der Waals surface area contributed by atoms with Crippen molar-refractivity contribution >= 4 is 16.7 Å². The second kappa shape index (κ2) is 7.65. The minimum Gasteiger partial charge on any atom is -0.379 e. The molecule has 0 unspecified atom stereocenters. The minimum absolute atomic E-state index is 0.155. The summed E-state index contributed by atoms with van der Waals surface area (Å²) in [5, 5.41) is 13.9. The molecule has 3 heterocycles. The first-order valence-corrected chi connectivity index (χ1v) is 10.3. The van der Waals surface area contributed by atoms with E-state index in [1.807, 2.05) is 37.6 Å². The summed E-state index contributed by atoms with van der Waals surface area (Å²) < 4.78 is 7.21. The van der Waals surface area contributed by atoms with E-state index in [1.165, 1.54) is 0 Å². The number of hydrogen-bond donors (Lipinski definition) is 0. The first-order valence-electron chi connectivity index (χ1n) is 10.3. The van der Waals surface area contributed by atoms with Gasteiger partial charge in [0.05, 0.1) is 37.0 Å². The molecule has 7 nitrogen and oxygen atoms in total. The lowest BCUT2D eigenvalue weighted by Crippen LogP contribution is -2.51. The highest BCUT2D eigenvalue weighted by Gasteiger charge is 2.38. The lowest BCUT2D eigenvalue weighted by atomic mass is 9.75. The third kappa shape index (κ3) is 3.80. The van der Waals surface area contributed by atoms with Crippen LogP contribution in [0.5, 0.6) is 0 Å². The van der Waals surface area contributed by atoms with Crippen LogP contribution in [0.3, 0.4) is 0 Å².